The number of pyridine rings is 1. The fourth-order valence-corrected chi connectivity index (χ4v) is 1.47. The predicted octanol–water partition coefficient (Wildman–Crippen LogP) is 1.53. The first-order valence-electron chi connectivity index (χ1n) is 5.84. The summed E-state index contributed by atoms with van der Waals surface area (Å²) in [4.78, 5) is 15.7. The van der Waals surface area contributed by atoms with Gasteiger partial charge in [0, 0.05) is 18.3 Å². The highest BCUT2D eigenvalue weighted by molar-refractivity contribution is 5.94. The first kappa shape index (κ1) is 13.4. The van der Waals surface area contributed by atoms with Crippen LogP contribution in [0.25, 0.3) is 0 Å². The summed E-state index contributed by atoms with van der Waals surface area (Å²) >= 11 is 0. The van der Waals surface area contributed by atoms with Gasteiger partial charge in [0.1, 0.15) is 5.82 Å². The molecule has 1 rings (SSSR count). The highest BCUT2D eigenvalue weighted by atomic mass is 16.1. The van der Waals surface area contributed by atoms with Gasteiger partial charge >= 0.3 is 0 Å². The molecular formula is C12H20N4O. The molecule has 1 aromatic heterocycles. The molecule has 5 nitrogen and oxygen atoms in total. The zero-order chi connectivity index (χ0) is 12.7. The number of carbonyl (C=O) groups is 1. The summed E-state index contributed by atoms with van der Waals surface area (Å²) in [5, 5.41) is 2.87. The van der Waals surface area contributed by atoms with E-state index in [1.807, 2.05) is 0 Å². The third-order valence-electron chi connectivity index (χ3n) is 2.41. The van der Waals surface area contributed by atoms with Crippen LogP contribution in [0.4, 0.5) is 5.82 Å². The maximum absolute atomic E-state index is 11.8. The molecule has 4 N–H and O–H groups in total. The SMILES string of the molecule is CC(C)CCCNC(=O)c1ccnc(NN)c1. The summed E-state index contributed by atoms with van der Waals surface area (Å²) in [5.74, 6) is 6.29. The lowest BCUT2D eigenvalue weighted by atomic mass is 10.1. The van der Waals surface area contributed by atoms with E-state index >= 15 is 0 Å². The number of nitrogen functional groups attached to an aromatic ring is 1. The second kappa shape index (κ2) is 6.85. The van der Waals surface area contributed by atoms with Crippen molar-refractivity contribution in [1.82, 2.24) is 10.3 Å². The lowest BCUT2D eigenvalue weighted by Gasteiger charge is -2.07. The van der Waals surface area contributed by atoms with E-state index in [0.717, 1.165) is 12.8 Å². The minimum absolute atomic E-state index is 0.0901. The maximum Gasteiger partial charge on any atom is 0.251 e. The van der Waals surface area contributed by atoms with E-state index in [0.29, 0.717) is 23.8 Å². The smallest absolute Gasteiger partial charge is 0.251 e. The number of nitrogens with two attached hydrogens (primary N) is 1. The van der Waals surface area contributed by atoms with E-state index in [-0.39, 0.29) is 5.91 Å². The van der Waals surface area contributed by atoms with Crippen LogP contribution >= 0.6 is 0 Å². The molecule has 0 spiro atoms. The molecule has 0 fully saturated rings. The summed E-state index contributed by atoms with van der Waals surface area (Å²) in [6, 6.07) is 3.29. The number of hydrogen-bond acceptors (Lipinski definition) is 4. The molecule has 0 unspecified atom stereocenters. The molecule has 0 aromatic carbocycles. The van der Waals surface area contributed by atoms with Crippen molar-refractivity contribution in [2.24, 2.45) is 11.8 Å². The van der Waals surface area contributed by atoms with Crippen LogP contribution < -0.4 is 16.6 Å². The third kappa shape index (κ3) is 4.82. The molecule has 1 aromatic rings. The van der Waals surface area contributed by atoms with Crippen LogP contribution in [0.15, 0.2) is 18.3 Å². The molecule has 17 heavy (non-hydrogen) atoms. The Hall–Kier alpha value is -1.62. The lowest BCUT2D eigenvalue weighted by Crippen LogP contribution is -2.25. The Bertz CT molecular complexity index is 365. The fourth-order valence-electron chi connectivity index (χ4n) is 1.47. The normalized spacial score (nSPS) is 10.4. The average Bonchev–Trinajstić information content (AvgIpc) is 2.34. The minimum Gasteiger partial charge on any atom is -0.352 e. The molecule has 0 radical (unpaired) electrons. The largest absolute Gasteiger partial charge is 0.352 e. The molecule has 0 saturated heterocycles. The number of nitrogens with zero attached hydrogens (tertiary/aromatic N) is 1. The lowest BCUT2D eigenvalue weighted by molar-refractivity contribution is 0.0952. The summed E-state index contributed by atoms with van der Waals surface area (Å²) in [7, 11) is 0. The van der Waals surface area contributed by atoms with Gasteiger partial charge in [-0.15, -0.1) is 0 Å². The Balaban J connectivity index is 2.41. The van der Waals surface area contributed by atoms with Crippen LogP contribution in [-0.4, -0.2) is 17.4 Å². The number of rotatable bonds is 6. The molecule has 0 atom stereocenters. The van der Waals surface area contributed by atoms with Gasteiger partial charge in [-0.3, -0.25) is 4.79 Å². The first-order chi connectivity index (χ1) is 8.13. The van der Waals surface area contributed by atoms with Crippen molar-refractivity contribution in [3.63, 3.8) is 0 Å². The van der Waals surface area contributed by atoms with Crippen LogP contribution in [0, 0.1) is 5.92 Å². The van der Waals surface area contributed by atoms with Crippen LogP contribution in [0.2, 0.25) is 0 Å². The molecule has 5 heteroatoms. The van der Waals surface area contributed by atoms with Crippen LogP contribution in [0.1, 0.15) is 37.0 Å². The van der Waals surface area contributed by atoms with Crippen LogP contribution in [0.5, 0.6) is 0 Å². The van der Waals surface area contributed by atoms with E-state index in [1.165, 1.54) is 0 Å². The standard InChI is InChI=1S/C12H20N4O/c1-9(2)4-3-6-15-12(17)10-5-7-14-11(8-10)16-13/h5,7-9H,3-4,6,13H2,1-2H3,(H,14,16)(H,15,17). The molecule has 0 saturated carbocycles. The highest BCUT2D eigenvalue weighted by Gasteiger charge is 2.05. The van der Waals surface area contributed by atoms with Gasteiger partial charge < -0.3 is 10.7 Å². The predicted molar refractivity (Wildman–Crippen MR) is 68.5 cm³/mol. The summed E-state index contributed by atoms with van der Waals surface area (Å²) in [5.41, 5.74) is 2.98. The van der Waals surface area contributed by atoms with E-state index in [1.54, 1.807) is 18.3 Å². The number of anilines is 1. The van der Waals surface area contributed by atoms with E-state index in [4.69, 9.17) is 5.84 Å². The summed E-state index contributed by atoms with van der Waals surface area (Å²) < 4.78 is 0. The second-order valence-corrected chi connectivity index (χ2v) is 4.37. The number of aromatic nitrogens is 1. The van der Waals surface area contributed by atoms with Gasteiger partial charge in [-0.05, 0) is 30.9 Å². The molecule has 1 amide bonds. The van der Waals surface area contributed by atoms with Gasteiger partial charge in [0.05, 0.1) is 0 Å². The average molecular weight is 236 g/mol. The molecular weight excluding hydrogens is 216 g/mol. The van der Waals surface area contributed by atoms with Gasteiger partial charge in [-0.25, -0.2) is 10.8 Å². The van der Waals surface area contributed by atoms with Crippen molar-refractivity contribution in [2.75, 3.05) is 12.0 Å². The van der Waals surface area contributed by atoms with Gasteiger partial charge in [0.15, 0.2) is 0 Å². The maximum atomic E-state index is 11.8. The van der Waals surface area contributed by atoms with Crippen molar-refractivity contribution in [3.05, 3.63) is 23.9 Å². The Kier molecular flexibility index (Phi) is 5.42. The molecule has 0 aliphatic heterocycles. The fraction of sp³-hybridized carbons (Fsp3) is 0.500. The van der Waals surface area contributed by atoms with Crippen molar-refractivity contribution < 1.29 is 4.79 Å². The van der Waals surface area contributed by atoms with E-state index < -0.39 is 0 Å². The van der Waals surface area contributed by atoms with Gasteiger partial charge in [-0.2, -0.15) is 0 Å². The molecule has 0 aliphatic rings. The number of amides is 1. The van der Waals surface area contributed by atoms with Gasteiger partial charge in [0.2, 0.25) is 0 Å². The van der Waals surface area contributed by atoms with Crippen molar-refractivity contribution >= 4 is 11.7 Å². The van der Waals surface area contributed by atoms with Crippen molar-refractivity contribution in [2.45, 2.75) is 26.7 Å². The summed E-state index contributed by atoms with van der Waals surface area (Å²) in [6.45, 7) is 5.04. The molecule has 0 aliphatic carbocycles. The van der Waals surface area contributed by atoms with Gasteiger partial charge in [-0.1, -0.05) is 13.8 Å². The molecule has 94 valence electrons. The highest BCUT2D eigenvalue weighted by Crippen LogP contribution is 2.06. The van der Waals surface area contributed by atoms with Crippen molar-refractivity contribution in [3.8, 4) is 0 Å². The Morgan fingerprint density at radius 1 is 1.53 bits per heavy atom. The Morgan fingerprint density at radius 3 is 2.94 bits per heavy atom. The second-order valence-electron chi connectivity index (χ2n) is 4.37. The topological polar surface area (TPSA) is 80.0 Å². The monoisotopic (exact) mass is 236 g/mol. The third-order valence-corrected chi connectivity index (χ3v) is 2.41. The number of carbonyl (C=O) groups excluding carboxylic acids is 1. The van der Waals surface area contributed by atoms with E-state index in [9.17, 15) is 4.79 Å². The van der Waals surface area contributed by atoms with Crippen molar-refractivity contribution in [1.29, 1.82) is 0 Å². The molecule has 1 heterocycles. The summed E-state index contributed by atoms with van der Waals surface area (Å²) in [6.07, 6.45) is 3.67. The van der Waals surface area contributed by atoms with Crippen LogP contribution in [-0.2, 0) is 0 Å². The Morgan fingerprint density at radius 2 is 2.29 bits per heavy atom. The number of hydrazine groups is 1. The zero-order valence-electron chi connectivity index (χ0n) is 10.4. The first-order valence-corrected chi connectivity index (χ1v) is 5.84. The van der Waals surface area contributed by atoms with Crippen LogP contribution in [0.3, 0.4) is 0 Å². The van der Waals surface area contributed by atoms with Gasteiger partial charge in [0.25, 0.3) is 5.91 Å². The molecule has 0 bridgehead atoms. The number of nitrogens with one attached hydrogen (secondary N) is 2. The minimum atomic E-state index is -0.0901. The number of hydrogen-bond donors (Lipinski definition) is 3. The zero-order valence-corrected chi connectivity index (χ0v) is 10.4. The quantitative estimate of drug-likeness (QED) is 0.397. The Labute approximate surface area is 102 Å². The van der Waals surface area contributed by atoms with E-state index in [2.05, 4.69) is 29.6 Å².